The number of fused-ring (bicyclic) bond motifs is 1. The third-order valence-electron chi connectivity index (χ3n) is 3.34. The Morgan fingerprint density at radius 1 is 1.45 bits per heavy atom. The van der Waals surface area contributed by atoms with Gasteiger partial charge in [-0.1, -0.05) is 26.0 Å². The van der Waals surface area contributed by atoms with Gasteiger partial charge in [-0.05, 0) is 18.3 Å². The van der Waals surface area contributed by atoms with Crippen molar-refractivity contribution in [1.82, 2.24) is 0 Å². The van der Waals surface area contributed by atoms with Gasteiger partial charge in [0.1, 0.15) is 5.78 Å². The lowest BCUT2D eigenvalue weighted by atomic mass is 9.64. The second-order valence-electron chi connectivity index (χ2n) is 4.71. The van der Waals surface area contributed by atoms with Gasteiger partial charge in [-0.2, -0.15) is 0 Å². The van der Waals surface area contributed by atoms with E-state index < -0.39 is 0 Å². The molecule has 60 valence electrons. The molecule has 2 atom stereocenters. The molecule has 1 nitrogen and oxygen atoms in total. The molecule has 1 saturated carbocycles. The molecule has 1 heteroatoms. The summed E-state index contributed by atoms with van der Waals surface area (Å²) in [6.07, 6.45) is 5.00. The molecule has 2 rings (SSSR count). The van der Waals surface area contributed by atoms with E-state index in [1.54, 1.807) is 0 Å². The molecule has 0 aromatic carbocycles. The third kappa shape index (κ3) is 0.640. The van der Waals surface area contributed by atoms with Crippen LogP contribution in [0.5, 0.6) is 0 Å². The van der Waals surface area contributed by atoms with Crippen molar-refractivity contribution in [3.8, 4) is 0 Å². The van der Waals surface area contributed by atoms with Crippen LogP contribution in [0.15, 0.2) is 12.2 Å². The molecule has 1 fully saturated rings. The van der Waals surface area contributed by atoms with Crippen LogP contribution in [0, 0.1) is 16.7 Å². The molecular weight excluding hydrogens is 136 g/mol. The van der Waals surface area contributed by atoms with Gasteiger partial charge in [0, 0.05) is 6.42 Å². The van der Waals surface area contributed by atoms with Gasteiger partial charge in [0.05, 0.1) is 5.41 Å². The highest BCUT2D eigenvalue weighted by Crippen LogP contribution is 2.58. The molecule has 2 aliphatic carbocycles. The SMILES string of the molecule is CC1(C)CC(=O)C2(C)C=CC12. The Kier molecular flexibility index (Phi) is 1.03. The van der Waals surface area contributed by atoms with Gasteiger partial charge in [0.2, 0.25) is 0 Å². The van der Waals surface area contributed by atoms with Crippen molar-refractivity contribution in [2.45, 2.75) is 27.2 Å². The zero-order valence-electron chi connectivity index (χ0n) is 7.35. The highest BCUT2D eigenvalue weighted by Gasteiger charge is 2.57. The van der Waals surface area contributed by atoms with Gasteiger partial charge in [-0.25, -0.2) is 0 Å². The van der Waals surface area contributed by atoms with Crippen molar-refractivity contribution in [1.29, 1.82) is 0 Å². The molecule has 0 N–H and O–H groups in total. The maximum absolute atomic E-state index is 11.5. The lowest BCUT2D eigenvalue weighted by molar-refractivity contribution is -0.124. The molecule has 0 heterocycles. The highest BCUT2D eigenvalue weighted by molar-refractivity contribution is 5.92. The summed E-state index contributed by atoms with van der Waals surface area (Å²) in [5.41, 5.74) is 0.115. The summed E-state index contributed by atoms with van der Waals surface area (Å²) in [5, 5.41) is 0. The van der Waals surface area contributed by atoms with Crippen LogP contribution in [0.1, 0.15) is 27.2 Å². The number of allylic oxidation sites excluding steroid dienone is 2. The Morgan fingerprint density at radius 3 is 2.27 bits per heavy atom. The van der Waals surface area contributed by atoms with E-state index in [1.165, 1.54) is 0 Å². The normalized spacial score (nSPS) is 45.4. The molecule has 0 bridgehead atoms. The zero-order chi connectivity index (χ0) is 8.28. The fraction of sp³-hybridized carbons (Fsp3) is 0.700. The average molecular weight is 150 g/mol. The molecule has 11 heavy (non-hydrogen) atoms. The summed E-state index contributed by atoms with van der Waals surface area (Å²) in [6.45, 7) is 6.43. The lowest BCUT2D eigenvalue weighted by Gasteiger charge is -2.38. The van der Waals surface area contributed by atoms with Crippen LogP contribution in [-0.4, -0.2) is 5.78 Å². The van der Waals surface area contributed by atoms with E-state index in [9.17, 15) is 4.79 Å². The maximum atomic E-state index is 11.5. The number of hydrogen-bond donors (Lipinski definition) is 0. The second-order valence-corrected chi connectivity index (χ2v) is 4.71. The van der Waals surface area contributed by atoms with Gasteiger partial charge in [0.15, 0.2) is 0 Å². The first-order chi connectivity index (χ1) is 4.97. The minimum Gasteiger partial charge on any atom is -0.299 e. The standard InChI is InChI=1S/C10H14O/c1-9(2)6-8(11)10(3)5-4-7(9)10/h4-5,7H,6H2,1-3H3. The average Bonchev–Trinajstić information content (AvgIpc) is 1.88. The largest absolute Gasteiger partial charge is 0.299 e. The highest BCUT2D eigenvalue weighted by atomic mass is 16.1. The topological polar surface area (TPSA) is 17.1 Å². The quantitative estimate of drug-likeness (QED) is 0.484. The third-order valence-corrected chi connectivity index (χ3v) is 3.34. The molecule has 0 aromatic rings. The van der Waals surface area contributed by atoms with Crippen LogP contribution < -0.4 is 0 Å². The van der Waals surface area contributed by atoms with E-state index in [4.69, 9.17) is 0 Å². The van der Waals surface area contributed by atoms with Crippen molar-refractivity contribution in [3.63, 3.8) is 0 Å². The summed E-state index contributed by atoms with van der Waals surface area (Å²) in [5.74, 6) is 0.928. The molecule has 0 saturated heterocycles. The maximum Gasteiger partial charge on any atom is 0.143 e. The lowest BCUT2D eigenvalue weighted by Crippen LogP contribution is -2.35. The Bertz CT molecular complexity index is 250. The minimum absolute atomic E-state index is 0.0937. The molecule has 0 amide bonds. The van der Waals surface area contributed by atoms with Gasteiger partial charge in [-0.3, -0.25) is 4.79 Å². The van der Waals surface area contributed by atoms with E-state index >= 15 is 0 Å². The number of hydrogen-bond acceptors (Lipinski definition) is 1. The Balaban J connectivity index is 2.44. The van der Waals surface area contributed by atoms with Crippen molar-refractivity contribution < 1.29 is 4.79 Å². The van der Waals surface area contributed by atoms with E-state index in [1.807, 2.05) is 0 Å². The molecule has 0 radical (unpaired) electrons. The van der Waals surface area contributed by atoms with Crippen LogP contribution in [0.2, 0.25) is 0 Å². The first-order valence-corrected chi connectivity index (χ1v) is 4.19. The van der Waals surface area contributed by atoms with Crippen LogP contribution in [0.3, 0.4) is 0 Å². The van der Waals surface area contributed by atoms with Crippen molar-refractivity contribution in [2.24, 2.45) is 16.7 Å². The van der Waals surface area contributed by atoms with Gasteiger partial charge in [0.25, 0.3) is 0 Å². The Labute approximate surface area is 67.5 Å². The van der Waals surface area contributed by atoms with Crippen LogP contribution >= 0.6 is 0 Å². The summed E-state index contributed by atoms with van der Waals surface area (Å²) in [7, 11) is 0. The smallest absolute Gasteiger partial charge is 0.143 e. The molecule has 2 aliphatic rings. The number of rotatable bonds is 0. The Hall–Kier alpha value is -0.590. The molecule has 2 unspecified atom stereocenters. The predicted octanol–water partition coefficient (Wildman–Crippen LogP) is 2.18. The zero-order valence-corrected chi connectivity index (χ0v) is 7.35. The van der Waals surface area contributed by atoms with Crippen molar-refractivity contribution in [2.75, 3.05) is 0 Å². The predicted molar refractivity (Wildman–Crippen MR) is 44.1 cm³/mol. The molecule has 0 aromatic heterocycles. The number of carbonyl (C=O) groups excluding carboxylic acids is 1. The summed E-state index contributed by atoms with van der Waals surface area (Å²) in [6, 6.07) is 0. The summed E-state index contributed by atoms with van der Waals surface area (Å²) < 4.78 is 0. The molecular formula is C10H14O. The number of ketones is 1. The van der Waals surface area contributed by atoms with Crippen LogP contribution in [0.25, 0.3) is 0 Å². The number of carbonyl (C=O) groups is 1. The summed E-state index contributed by atoms with van der Waals surface area (Å²) >= 11 is 0. The first kappa shape index (κ1) is 7.08. The monoisotopic (exact) mass is 150 g/mol. The van der Waals surface area contributed by atoms with E-state index in [0.717, 1.165) is 6.42 Å². The second kappa shape index (κ2) is 1.60. The summed E-state index contributed by atoms with van der Waals surface area (Å²) in [4.78, 5) is 11.5. The molecule has 0 aliphatic heterocycles. The first-order valence-electron chi connectivity index (χ1n) is 4.19. The number of Topliss-reactive ketones (excluding diaryl/α,β-unsaturated/α-hetero) is 1. The fourth-order valence-corrected chi connectivity index (χ4v) is 2.53. The minimum atomic E-state index is -0.0937. The van der Waals surface area contributed by atoms with E-state index in [0.29, 0.717) is 11.7 Å². The van der Waals surface area contributed by atoms with E-state index in [2.05, 4.69) is 32.9 Å². The van der Waals surface area contributed by atoms with E-state index in [-0.39, 0.29) is 10.8 Å². The van der Waals surface area contributed by atoms with Gasteiger partial charge < -0.3 is 0 Å². The van der Waals surface area contributed by atoms with Crippen molar-refractivity contribution >= 4 is 5.78 Å². The van der Waals surface area contributed by atoms with Crippen LogP contribution in [-0.2, 0) is 4.79 Å². The molecule has 0 spiro atoms. The van der Waals surface area contributed by atoms with Crippen molar-refractivity contribution in [3.05, 3.63) is 12.2 Å². The Morgan fingerprint density at radius 2 is 2.09 bits per heavy atom. The van der Waals surface area contributed by atoms with Gasteiger partial charge >= 0.3 is 0 Å². The fourth-order valence-electron chi connectivity index (χ4n) is 2.53. The van der Waals surface area contributed by atoms with Gasteiger partial charge in [-0.15, -0.1) is 0 Å². The van der Waals surface area contributed by atoms with Crippen LogP contribution in [0.4, 0.5) is 0 Å².